The monoisotopic (exact) mass is 707 g/mol. The minimum Gasteiger partial charge on any atom is -0.394 e. The van der Waals surface area contributed by atoms with Gasteiger partial charge in [-0.05, 0) is 0 Å². The van der Waals surface area contributed by atoms with Crippen molar-refractivity contribution in [3.8, 4) is 0 Å². The Kier molecular flexibility index (Phi) is 13.8. The van der Waals surface area contributed by atoms with Crippen LogP contribution in [0.2, 0.25) is 0 Å². The third kappa shape index (κ3) is 8.24. The Balaban J connectivity index is 1.60. The second-order valence-corrected chi connectivity index (χ2v) is 11.9. The molecule has 48 heavy (non-hydrogen) atoms. The summed E-state index contributed by atoms with van der Waals surface area (Å²) in [6.45, 7) is -2.12. The standard InChI is InChI=1S/C26H45NO21/c1-6(31)27-11-14(34)12(32)7(2-28)44-24(11)42-5-10-22(48-25-19(39)15(35)13(33)8(3-29)45-25)17(37)20(40)26(46-10)47-21-9(4-30)43-23(41)18(38)16(21)36/h7-26,28-30,32-41H,2-5H2,1H3,(H,27,31)/t7-,8-,9-,10-,11-,12-,13+,14-,15-,16-,17-,18-,19-,20-,21-,22+,23?,24-,25+,26+/m1/s1. The third-order valence-electron chi connectivity index (χ3n) is 8.59. The fourth-order valence-corrected chi connectivity index (χ4v) is 5.85. The highest BCUT2D eigenvalue weighted by Gasteiger charge is 2.54. The molecule has 0 spiro atoms. The van der Waals surface area contributed by atoms with Crippen molar-refractivity contribution in [3.05, 3.63) is 0 Å². The summed E-state index contributed by atoms with van der Waals surface area (Å²) in [6.07, 6.45) is -33.7. The fraction of sp³-hybridized carbons (Fsp3) is 0.962. The Morgan fingerprint density at radius 1 is 0.542 bits per heavy atom. The number of carbonyl (C=O) groups is 1. The van der Waals surface area contributed by atoms with E-state index in [0.717, 1.165) is 6.92 Å². The molecule has 0 radical (unpaired) electrons. The summed E-state index contributed by atoms with van der Waals surface area (Å²) in [6, 6.07) is -1.43. The average Bonchev–Trinajstić information content (AvgIpc) is 3.06. The SMILES string of the molecule is CC(=O)N[C@H]1[C@H](OC[C@H]2O[C@@H](O[C@H]3[C@H](O)[C@@H](O)C(O)O[C@@H]3CO)[C@H](O)[C@@H](O)[C@H]2O[C@@H]2O[C@H](CO)[C@H](O)[C@@H](O)[C@H]2O)O[C@H](CO)[C@@H](O)[C@@H]1O. The number of ether oxygens (including phenoxy) is 7. The van der Waals surface area contributed by atoms with Gasteiger partial charge < -0.3 is 105 Å². The summed E-state index contributed by atoms with van der Waals surface area (Å²) in [5.74, 6) is -0.672. The Bertz CT molecular complexity index is 1030. The average molecular weight is 708 g/mol. The molecule has 4 fully saturated rings. The van der Waals surface area contributed by atoms with Crippen LogP contribution < -0.4 is 5.32 Å². The van der Waals surface area contributed by atoms with Crippen LogP contribution in [0.3, 0.4) is 0 Å². The first-order valence-electron chi connectivity index (χ1n) is 15.1. The van der Waals surface area contributed by atoms with Gasteiger partial charge >= 0.3 is 0 Å². The van der Waals surface area contributed by atoms with Crippen LogP contribution in [0.25, 0.3) is 0 Å². The Morgan fingerprint density at radius 3 is 1.54 bits per heavy atom. The van der Waals surface area contributed by atoms with Crippen LogP contribution in [0, 0.1) is 0 Å². The number of hydrogen-bond donors (Lipinski definition) is 14. The van der Waals surface area contributed by atoms with Crippen LogP contribution in [0.1, 0.15) is 6.92 Å². The fourth-order valence-electron chi connectivity index (χ4n) is 5.85. The molecule has 4 saturated heterocycles. The van der Waals surface area contributed by atoms with E-state index < -0.39 is 155 Å². The summed E-state index contributed by atoms with van der Waals surface area (Å²) in [5.41, 5.74) is 0. The predicted octanol–water partition coefficient (Wildman–Crippen LogP) is -9.61. The van der Waals surface area contributed by atoms with Crippen molar-refractivity contribution in [2.24, 2.45) is 0 Å². The number of hydrogen-bond acceptors (Lipinski definition) is 21. The number of nitrogens with one attached hydrogen (secondary N) is 1. The molecule has 4 rings (SSSR count). The van der Waals surface area contributed by atoms with Crippen LogP contribution in [0.5, 0.6) is 0 Å². The maximum atomic E-state index is 11.8. The number of amides is 1. The van der Waals surface area contributed by atoms with Gasteiger partial charge in [0.1, 0.15) is 97.6 Å². The normalized spacial score (nSPS) is 50.2. The first-order chi connectivity index (χ1) is 22.6. The lowest BCUT2D eigenvalue weighted by molar-refractivity contribution is -0.381. The zero-order chi connectivity index (χ0) is 35.6. The Labute approximate surface area is 272 Å². The molecule has 22 heteroatoms. The van der Waals surface area contributed by atoms with Gasteiger partial charge in [0.25, 0.3) is 0 Å². The van der Waals surface area contributed by atoms with Gasteiger partial charge in [-0.3, -0.25) is 4.79 Å². The van der Waals surface area contributed by atoms with E-state index in [2.05, 4.69) is 5.32 Å². The minimum absolute atomic E-state index is 0.672. The van der Waals surface area contributed by atoms with E-state index in [1.807, 2.05) is 0 Å². The number of aliphatic hydroxyl groups is 13. The van der Waals surface area contributed by atoms with E-state index in [0.29, 0.717) is 0 Å². The van der Waals surface area contributed by atoms with E-state index in [1.54, 1.807) is 0 Å². The molecule has 22 nitrogen and oxygen atoms in total. The molecule has 0 aromatic rings. The lowest BCUT2D eigenvalue weighted by atomic mass is 9.95. The maximum absolute atomic E-state index is 11.8. The summed E-state index contributed by atoms with van der Waals surface area (Å²) in [7, 11) is 0. The van der Waals surface area contributed by atoms with Gasteiger partial charge in [0.15, 0.2) is 25.2 Å². The molecule has 0 saturated carbocycles. The van der Waals surface area contributed by atoms with Crippen LogP contribution in [0.15, 0.2) is 0 Å². The van der Waals surface area contributed by atoms with Gasteiger partial charge in [-0.2, -0.15) is 0 Å². The van der Waals surface area contributed by atoms with Crippen molar-refractivity contribution in [2.75, 3.05) is 26.4 Å². The molecule has 1 amide bonds. The maximum Gasteiger partial charge on any atom is 0.217 e. The lowest BCUT2D eigenvalue weighted by Crippen LogP contribution is -2.67. The van der Waals surface area contributed by atoms with Gasteiger partial charge in [0.05, 0.1) is 26.4 Å². The number of aliphatic hydroxyl groups excluding tert-OH is 13. The second-order valence-electron chi connectivity index (χ2n) is 11.9. The molecular weight excluding hydrogens is 662 g/mol. The summed E-state index contributed by atoms with van der Waals surface area (Å²) < 4.78 is 38.7. The molecular formula is C26H45NO21. The molecule has 280 valence electrons. The third-order valence-corrected chi connectivity index (χ3v) is 8.59. The zero-order valence-corrected chi connectivity index (χ0v) is 25.5. The molecule has 0 aliphatic carbocycles. The summed E-state index contributed by atoms with van der Waals surface area (Å²) in [5, 5.41) is 136. The number of carbonyl (C=O) groups excluding carboxylic acids is 1. The summed E-state index contributed by atoms with van der Waals surface area (Å²) in [4.78, 5) is 11.8. The molecule has 4 aliphatic rings. The molecule has 14 N–H and O–H groups in total. The van der Waals surface area contributed by atoms with Crippen LogP contribution >= 0.6 is 0 Å². The van der Waals surface area contributed by atoms with E-state index in [4.69, 9.17) is 33.2 Å². The molecule has 0 aromatic carbocycles. The van der Waals surface area contributed by atoms with Crippen molar-refractivity contribution < 1.29 is 104 Å². The highest BCUT2D eigenvalue weighted by atomic mass is 16.8. The highest BCUT2D eigenvalue weighted by Crippen LogP contribution is 2.33. The van der Waals surface area contributed by atoms with E-state index in [9.17, 15) is 71.2 Å². The summed E-state index contributed by atoms with van der Waals surface area (Å²) >= 11 is 0. The first kappa shape index (κ1) is 39.5. The molecule has 20 atom stereocenters. The molecule has 1 unspecified atom stereocenters. The van der Waals surface area contributed by atoms with Crippen molar-refractivity contribution in [3.63, 3.8) is 0 Å². The second kappa shape index (κ2) is 16.8. The van der Waals surface area contributed by atoms with Gasteiger partial charge in [-0.15, -0.1) is 0 Å². The van der Waals surface area contributed by atoms with Gasteiger partial charge in [0, 0.05) is 6.92 Å². The van der Waals surface area contributed by atoms with Gasteiger partial charge in [-0.1, -0.05) is 0 Å². The molecule has 0 aromatic heterocycles. The molecule has 4 heterocycles. The van der Waals surface area contributed by atoms with Crippen molar-refractivity contribution >= 4 is 5.91 Å². The van der Waals surface area contributed by atoms with Crippen LogP contribution in [-0.4, -0.2) is 221 Å². The Morgan fingerprint density at radius 2 is 1.00 bits per heavy atom. The quantitative estimate of drug-likeness (QED) is 0.0947. The molecule has 4 aliphatic heterocycles. The smallest absolute Gasteiger partial charge is 0.217 e. The lowest BCUT2D eigenvalue weighted by Gasteiger charge is -2.48. The van der Waals surface area contributed by atoms with E-state index in [-0.39, 0.29) is 0 Å². The van der Waals surface area contributed by atoms with Crippen molar-refractivity contribution in [1.82, 2.24) is 5.32 Å². The van der Waals surface area contributed by atoms with Gasteiger partial charge in [-0.25, -0.2) is 0 Å². The van der Waals surface area contributed by atoms with E-state index >= 15 is 0 Å². The topological polar surface area (TPSA) is 357 Å². The van der Waals surface area contributed by atoms with E-state index in [1.165, 1.54) is 0 Å². The van der Waals surface area contributed by atoms with Crippen LogP contribution in [0.4, 0.5) is 0 Å². The number of rotatable bonds is 11. The predicted molar refractivity (Wildman–Crippen MR) is 145 cm³/mol. The zero-order valence-electron chi connectivity index (χ0n) is 25.5. The van der Waals surface area contributed by atoms with Gasteiger partial charge in [0.2, 0.25) is 5.91 Å². The van der Waals surface area contributed by atoms with Crippen molar-refractivity contribution in [2.45, 2.75) is 130 Å². The highest BCUT2D eigenvalue weighted by molar-refractivity contribution is 5.73. The molecule has 0 bridgehead atoms. The minimum atomic E-state index is -2.07. The largest absolute Gasteiger partial charge is 0.394 e. The first-order valence-corrected chi connectivity index (χ1v) is 15.1. The van der Waals surface area contributed by atoms with Crippen LogP contribution in [-0.2, 0) is 38.0 Å². The van der Waals surface area contributed by atoms with Crippen molar-refractivity contribution in [1.29, 1.82) is 0 Å². The Hall–Kier alpha value is -1.33.